The van der Waals surface area contributed by atoms with Crippen molar-refractivity contribution in [2.45, 2.75) is 19.8 Å². The van der Waals surface area contributed by atoms with Gasteiger partial charge in [0.25, 0.3) is 0 Å². The lowest BCUT2D eigenvalue weighted by molar-refractivity contribution is -0.131. The molecule has 0 aromatic heterocycles. The third-order valence-electron chi connectivity index (χ3n) is 4.89. The van der Waals surface area contributed by atoms with E-state index in [0.717, 1.165) is 57.1 Å². The first-order valence-corrected chi connectivity index (χ1v) is 9.03. The molecule has 6 nitrogen and oxygen atoms in total. The molecular formula is C19H26N4O2. The van der Waals surface area contributed by atoms with Gasteiger partial charge in [0.15, 0.2) is 0 Å². The number of fused-ring (bicyclic) bond motifs is 1. The molecular weight excluding hydrogens is 316 g/mol. The van der Waals surface area contributed by atoms with E-state index in [-0.39, 0.29) is 5.91 Å². The van der Waals surface area contributed by atoms with Crippen LogP contribution in [0.25, 0.3) is 0 Å². The van der Waals surface area contributed by atoms with E-state index in [4.69, 9.17) is 10.00 Å². The number of anilines is 1. The molecule has 1 saturated heterocycles. The smallest absolute Gasteiger partial charge is 0.242 e. The summed E-state index contributed by atoms with van der Waals surface area (Å²) >= 11 is 0. The van der Waals surface area contributed by atoms with Crippen LogP contribution in [0, 0.1) is 18.3 Å². The van der Waals surface area contributed by atoms with Crippen molar-refractivity contribution in [1.82, 2.24) is 9.80 Å². The van der Waals surface area contributed by atoms with Crippen LogP contribution >= 0.6 is 0 Å². The molecule has 0 unspecified atom stereocenters. The first-order chi connectivity index (χ1) is 12.2. The molecule has 0 atom stereocenters. The summed E-state index contributed by atoms with van der Waals surface area (Å²) < 4.78 is 5.70. The van der Waals surface area contributed by atoms with Gasteiger partial charge in [0.2, 0.25) is 5.91 Å². The van der Waals surface area contributed by atoms with E-state index < -0.39 is 0 Å². The van der Waals surface area contributed by atoms with Crippen molar-refractivity contribution in [3.63, 3.8) is 0 Å². The Morgan fingerprint density at radius 3 is 2.80 bits per heavy atom. The zero-order valence-corrected chi connectivity index (χ0v) is 14.9. The van der Waals surface area contributed by atoms with E-state index in [9.17, 15) is 4.79 Å². The van der Waals surface area contributed by atoms with Crippen LogP contribution in [0.5, 0.6) is 5.75 Å². The Balaban J connectivity index is 1.53. The van der Waals surface area contributed by atoms with Crippen LogP contribution in [0.3, 0.4) is 0 Å². The lowest BCUT2D eigenvalue weighted by Crippen LogP contribution is -2.52. The summed E-state index contributed by atoms with van der Waals surface area (Å²) in [5.74, 6) is 1.05. The summed E-state index contributed by atoms with van der Waals surface area (Å²) in [6, 6.07) is 8.30. The molecule has 2 aliphatic rings. The monoisotopic (exact) mass is 342 g/mol. The van der Waals surface area contributed by atoms with E-state index in [1.165, 1.54) is 5.56 Å². The normalized spacial score (nSPS) is 17.6. The largest absolute Gasteiger partial charge is 0.490 e. The number of unbranched alkanes of at least 4 members (excludes halogenated alkanes) is 1. The van der Waals surface area contributed by atoms with Crippen molar-refractivity contribution < 1.29 is 9.53 Å². The number of carbonyl (C=O) groups is 1. The molecule has 1 aromatic rings. The molecule has 3 rings (SSSR count). The lowest BCUT2D eigenvalue weighted by atomic mass is 10.1. The summed E-state index contributed by atoms with van der Waals surface area (Å²) in [7, 11) is 0. The average molecular weight is 342 g/mol. The predicted octanol–water partition coefficient (Wildman–Crippen LogP) is 1.64. The van der Waals surface area contributed by atoms with E-state index in [2.05, 4.69) is 28.9 Å². The standard InChI is InChI=1S/C19H26N4O2/c1-16-4-5-18-17(14-16)23(12-13-25-18)15-19(24)22-10-8-21(9-11-22)7-3-2-6-20/h4-5,14H,2-3,7-13,15H2,1H3. The molecule has 6 heteroatoms. The molecule has 0 saturated carbocycles. The van der Waals surface area contributed by atoms with E-state index in [1.807, 2.05) is 17.0 Å². The fraction of sp³-hybridized carbons (Fsp3) is 0.579. The number of piperazine rings is 1. The number of nitrogens with zero attached hydrogens (tertiary/aromatic N) is 4. The van der Waals surface area contributed by atoms with Crippen LogP contribution in [0.2, 0.25) is 0 Å². The number of amides is 1. The summed E-state index contributed by atoms with van der Waals surface area (Å²) in [6.45, 7) is 8.13. The van der Waals surface area contributed by atoms with Gasteiger partial charge < -0.3 is 14.5 Å². The zero-order chi connectivity index (χ0) is 17.6. The minimum absolute atomic E-state index is 0.186. The molecule has 1 aromatic carbocycles. The molecule has 134 valence electrons. The highest BCUT2D eigenvalue weighted by Gasteiger charge is 2.25. The molecule has 0 spiro atoms. The van der Waals surface area contributed by atoms with Crippen LogP contribution in [0.1, 0.15) is 18.4 Å². The van der Waals surface area contributed by atoms with Crippen LogP contribution < -0.4 is 9.64 Å². The summed E-state index contributed by atoms with van der Waals surface area (Å²) in [6.07, 6.45) is 1.52. The molecule has 1 fully saturated rings. The number of ether oxygens (including phenoxy) is 1. The Labute approximate surface area is 149 Å². The zero-order valence-electron chi connectivity index (χ0n) is 14.9. The maximum atomic E-state index is 12.7. The van der Waals surface area contributed by atoms with E-state index in [1.54, 1.807) is 0 Å². The van der Waals surface area contributed by atoms with Gasteiger partial charge in [-0.05, 0) is 37.6 Å². The molecule has 1 amide bonds. The number of rotatable bonds is 5. The Hall–Kier alpha value is -2.26. The first-order valence-electron chi connectivity index (χ1n) is 9.03. The summed E-state index contributed by atoms with van der Waals surface area (Å²) in [4.78, 5) is 19.1. The highest BCUT2D eigenvalue weighted by molar-refractivity contribution is 5.82. The second-order valence-corrected chi connectivity index (χ2v) is 6.73. The van der Waals surface area contributed by atoms with Crippen LogP contribution in [0.4, 0.5) is 5.69 Å². The molecule has 2 heterocycles. The van der Waals surface area contributed by atoms with Gasteiger partial charge >= 0.3 is 0 Å². The van der Waals surface area contributed by atoms with Gasteiger partial charge in [0, 0.05) is 32.6 Å². The minimum Gasteiger partial charge on any atom is -0.490 e. The van der Waals surface area contributed by atoms with Crippen LogP contribution in [-0.4, -0.2) is 68.1 Å². The van der Waals surface area contributed by atoms with Gasteiger partial charge in [-0.3, -0.25) is 9.69 Å². The Morgan fingerprint density at radius 2 is 2.04 bits per heavy atom. The quantitative estimate of drug-likeness (QED) is 0.762. The lowest BCUT2D eigenvalue weighted by Gasteiger charge is -2.37. The summed E-state index contributed by atoms with van der Waals surface area (Å²) in [5, 5.41) is 8.62. The second-order valence-electron chi connectivity index (χ2n) is 6.73. The molecule has 2 aliphatic heterocycles. The van der Waals surface area contributed by atoms with Crippen molar-refractivity contribution in [1.29, 1.82) is 5.26 Å². The van der Waals surface area contributed by atoms with Gasteiger partial charge in [-0.1, -0.05) is 6.07 Å². The number of aryl methyl sites for hydroxylation is 1. The van der Waals surface area contributed by atoms with Gasteiger partial charge in [0.05, 0.1) is 24.8 Å². The Morgan fingerprint density at radius 1 is 1.24 bits per heavy atom. The van der Waals surface area contributed by atoms with E-state index in [0.29, 0.717) is 19.6 Å². The predicted molar refractivity (Wildman–Crippen MR) is 96.8 cm³/mol. The Bertz CT molecular complexity index is 647. The molecule has 0 N–H and O–H groups in total. The number of hydrogen-bond donors (Lipinski definition) is 0. The highest BCUT2D eigenvalue weighted by atomic mass is 16.5. The van der Waals surface area contributed by atoms with Gasteiger partial charge in [-0.2, -0.15) is 5.26 Å². The maximum Gasteiger partial charge on any atom is 0.242 e. The van der Waals surface area contributed by atoms with Gasteiger partial charge in [-0.25, -0.2) is 0 Å². The van der Waals surface area contributed by atoms with Crippen molar-refractivity contribution in [2.75, 3.05) is 57.3 Å². The van der Waals surface area contributed by atoms with Crippen LogP contribution in [-0.2, 0) is 4.79 Å². The minimum atomic E-state index is 0.186. The van der Waals surface area contributed by atoms with Crippen molar-refractivity contribution in [3.8, 4) is 11.8 Å². The van der Waals surface area contributed by atoms with Crippen molar-refractivity contribution in [2.24, 2.45) is 0 Å². The first kappa shape index (κ1) is 17.6. The number of benzene rings is 1. The third kappa shape index (κ3) is 4.43. The number of nitriles is 1. The fourth-order valence-corrected chi connectivity index (χ4v) is 3.41. The number of hydrogen-bond acceptors (Lipinski definition) is 5. The van der Waals surface area contributed by atoms with Crippen molar-refractivity contribution >= 4 is 11.6 Å². The van der Waals surface area contributed by atoms with E-state index >= 15 is 0 Å². The topological polar surface area (TPSA) is 59.8 Å². The second kappa shape index (κ2) is 8.21. The fourth-order valence-electron chi connectivity index (χ4n) is 3.41. The summed E-state index contributed by atoms with van der Waals surface area (Å²) in [5.41, 5.74) is 2.20. The average Bonchev–Trinajstić information content (AvgIpc) is 2.63. The van der Waals surface area contributed by atoms with Crippen molar-refractivity contribution in [3.05, 3.63) is 23.8 Å². The molecule has 25 heavy (non-hydrogen) atoms. The Kier molecular flexibility index (Phi) is 5.77. The van der Waals surface area contributed by atoms with Crippen LogP contribution in [0.15, 0.2) is 18.2 Å². The highest BCUT2D eigenvalue weighted by Crippen LogP contribution is 2.32. The molecule has 0 aliphatic carbocycles. The molecule has 0 bridgehead atoms. The van der Waals surface area contributed by atoms with Gasteiger partial charge in [-0.15, -0.1) is 0 Å². The SMILES string of the molecule is Cc1ccc2c(c1)N(CC(=O)N1CCN(CCCC#N)CC1)CCO2. The third-order valence-corrected chi connectivity index (χ3v) is 4.89. The molecule has 0 radical (unpaired) electrons. The van der Waals surface area contributed by atoms with Gasteiger partial charge in [0.1, 0.15) is 12.4 Å². The number of carbonyl (C=O) groups excluding carboxylic acids is 1. The maximum absolute atomic E-state index is 12.7.